The van der Waals surface area contributed by atoms with E-state index in [2.05, 4.69) is 28.2 Å². The fourth-order valence-corrected chi connectivity index (χ4v) is 4.89. The van der Waals surface area contributed by atoms with Gasteiger partial charge in [-0.2, -0.15) is 0 Å². The van der Waals surface area contributed by atoms with Crippen LogP contribution in [0.3, 0.4) is 0 Å². The number of pyridine rings is 1. The van der Waals surface area contributed by atoms with E-state index >= 15 is 0 Å². The van der Waals surface area contributed by atoms with E-state index in [1.165, 1.54) is 11.8 Å². The Morgan fingerprint density at radius 2 is 1.70 bits per heavy atom. The first kappa shape index (κ1) is 22.7. The van der Waals surface area contributed by atoms with Crippen molar-refractivity contribution >= 4 is 17.7 Å². The van der Waals surface area contributed by atoms with Crippen LogP contribution in [0.4, 0.5) is 0 Å². The molecule has 0 radical (unpaired) electrons. The van der Waals surface area contributed by atoms with Gasteiger partial charge in [0, 0.05) is 31.0 Å². The van der Waals surface area contributed by atoms with Crippen LogP contribution in [0.1, 0.15) is 30.2 Å². The smallest absolute Gasteiger partial charge is 0.240 e. The lowest BCUT2D eigenvalue weighted by Gasteiger charge is -2.25. The van der Waals surface area contributed by atoms with E-state index in [0.29, 0.717) is 24.1 Å². The van der Waals surface area contributed by atoms with E-state index in [0.717, 1.165) is 22.4 Å². The van der Waals surface area contributed by atoms with Gasteiger partial charge in [-0.1, -0.05) is 60.3 Å². The van der Waals surface area contributed by atoms with Gasteiger partial charge in [0.1, 0.15) is 5.25 Å². The number of likely N-dealkylation sites (N-methyl/N-ethyl adjacent to an activating group) is 1. The van der Waals surface area contributed by atoms with Gasteiger partial charge in [0.15, 0.2) is 11.0 Å². The van der Waals surface area contributed by atoms with Crippen molar-refractivity contribution in [2.75, 3.05) is 13.1 Å². The Bertz CT molecular complexity index is 1210. The first-order chi connectivity index (χ1) is 16.1. The number of aromatic nitrogens is 4. The van der Waals surface area contributed by atoms with Crippen LogP contribution in [0.15, 0.2) is 84.3 Å². The van der Waals surface area contributed by atoms with Crippen molar-refractivity contribution in [3.63, 3.8) is 0 Å². The summed E-state index contributed by atoms with van der Waals surface area (Å²) < 4.78 is 2.03. The molecule has 0 unspecified atom stereocenters. The zero-order valence-electron chi connectivity index (χ0n) is 19.0. The molecule has 0 aliphatic rings. The summed E-state index contributed by atoms with van der Waals surface area (Å²) in [5, 5.41) is 9.30. The highest BCUT2D eigenvalue weighted by Gasteiger charge is 2.29. The number of rotatable bonds is 8. The van der Waals surface area contributed by atoms with E-state index in [1.54, 1.807) is 12.4 Å². The maximum absolute atomic E-state index is 13.5. The van der Waals surface area contributed by atoms with Gasteiger partial charge >= 0.3 is 0 Å². The zero-order valence-corrected chi connectivity index (χ0v) is 19.9. The molecule has 7 heteroatoms. The Morgan fingerprint density at radius 3 is 2.36 bits per heavy atom. The molecule has 0 spiro atoms. The molecule has 4 aromatic rings. The Balaban J connectivity index is 1.84. The van der Waals surface area contributed by atoms with Crippen LogP contribution in [0.5, 0.6) is 0 Å². The molecule has 168 valence electrons. The Labute approximate surface area is 198 Å². The summed E-state index contributed by atoms with van der Waals surface area (Å²) in [4.78, 5) is 19.7. The third-order valence-electron chi connectivity index (χ3n) is 5.53. The van der Waals surface area contributed by atoms with Crippen LogP contribution < -0.4 is 0 Å². The van der Waals surface area contributed by atoms with Crippen LogP contribution in [-0.4, -0.2) is 43.6 Å². The second-order valence-electron chi connectivity index (χ2n) is 7.59. The largest absolute Gasteiger partial charge is 0.342 e. The third kappa shape index (κ3) is 4.83. The summed E-state index contributed by atoms with van der Waals surface area (Å²) in [6.07, 6.45) is 3.52. The average molecular weight is 458 g/mol. The summed E-state index contributed by atoms with van der Waals surface area (Å²) in [6, 6.07) is 21.9. The van der Waals surface area contributed by atoms with Gasteiger partial charge in [-0.15, -0.1) is 10.2 Å². The molecule has 2 aromatic carbocycles. The number of thioether (sulfide) groups is 1. The number of carbonyl (C=O) groups is 1. The van der Waals surface area contributed by atoms with Crippen LogP contribution in [0.2, 0.25) is 0 Å². The molecule has 4 rings (SSSR count). The number of hydrogen-bond acceptors (Lipinski definition) is 5. The SMILES string of the molecule is CCN(CC)C(=O)[C@@H](Sc1nnc(-c2cccnc2)n1-c1ccccc1C)c1ccccc1. The highest BCUT2D eigenvalue weighted by Crippen LogP contribution is 2.39. The van der Waals surface area contributed by atoms with Crippen LogP contribution >= 0.6 is 11.8 Å². The molecule has 6 nitrogen and oxygen atoms in total. The molecule has 33 heavy (non-hydrogen) atoms. The molecule has 0 bridgehead atoms. The van der Waals surface area contributed by atoms with Crippen molar-refractivity contribution in [2.24, 2.45) is 0 Å². The number of benzene rings is 2. The highest BCUT2D eigenvalue weighted by molar-refractivity contribution is 8.00. The van der Waals surface area contributed by atoms with Gasteiger partial charge < -0.3 is 4.90 Å². The molecule has 0 saturated carbocycles. The van der Waals surface area contributed by atoms with Gasteiger partial charge in [0.05, 0.1) is 5.69 Å². The van der Waals surface area contributed by atoms with Crippen LogP contribution in [-0.2, 0) is 4.79 Å². The Hall–Kier alpha value is -3.45. The van der Waals surface area contributed by atoms with E-state index in [-0.39, 0.29) is 5.91 Å². The molecular weight excluding hydrogens is 430 g/mol. The molecule has 0 aliphatic carbocycles. The van der Waals surface area contributed by atoms with Gasteiger partial charge in [-0.3, -0.25) is 14.3 Å². The fourth-order valence-electron chi connectivity index (χ4n) is 3.76. The van der Waals surface area contributed by atoms with E-state index in [1.807, 2.05) is 84.0 Å². The predicted octanol–water partition coefficient (Wildman–Crippen LogP) is 5.34. The standard InChI is InChI=1S/C26H27N5OS/c1-4-30(5-2)25(32)23(20-13-7-6-8-14-20)33-26-29-28-24(21-15-11-17-27-18-21)31(26)22-16-10-9-12-19(22)3/h6-18,23H,4-5H2,1-3H3/t23-/m0/s1. The molecule has 0 fully saturated rings. The van der Waals surface area contributed by atoms with E-state index in [4.69, 9.17) is 0 Å². The average Bonchev–Trinajstić information content (AvgIpc) is 3.28. The minimum atomic E-state index is -0.431. The van der Waals surface area contributed by atoms with Crippen LogP contribution in [0, 0.1) is 6.92 Å². The molecule has 2 heterocycles. The predicted molar refractivity (Wildman–Crippen MR) is 132 cm³/mol. The summed E-state index contributed by atoms with van der Waals surface area (Å²) >= 11 is 1.43. The van der Waals surface area contributed by atoms with Crippen molar-refractivity contribution in [3.8, 4) is 17.1 Å². The summed E-state index contributed by atoms with van der Waals surface area (Å²) in [5.41, 5.74) is 3.88. The maximum Gasteiger partial charge on any atom is 0.240 e. The number of nitrogens with zero attached hydrogens (tertiary/aromatic N) is 5. The van der Waals surface area contributed by atoms with Crippen molar-refractivity contribution in [3.05, 3.63) is 90.3 Å². The molecule has 1 atom stereocenters. The molecule has 0 saturated heterocycles. The topological polar surface area (TPSA) is 63.9 Å². The monoisotopic (exact) mass is 457 g/mol. The number of carbonyl (C=O) groups excluding carboxylic acids is 1. The molecule has 1 amide bonds. The van der Waals surface area contributed by atoms with Crippen LogP contribution in [0.25, 0.3) is 17.1 Å². The van der Waals surface area contributed by atoms with E-state index < -0.39 is 5.25 Å². The van der Waals surface area contributed by atoms with Crippen molar-refractivity contribution in [1.82, 2.24) is 24.6 Å². The maximum atomic E-state index is 13.5. The molecular formula is C26H27N5OS. The summed E-state index contributed by atoms with van der Waals surface area (Å²) in [5.74, 6) is 0.764. The number of hydrogen-bond donors (Lipinski definition) is 0. The summed E-state index contributed by atoms with van der Waals surface area (Å²) in [6.45, 7) is 7.39. The third-order valence-corrected chi connectivity index (χ3v) is 6.72. The zero-order chi connectivity index (χ0) is 23.2. The number of aryl methyl sites for hydroxylation is 1. The van der Waals surface area contributed by atoms with Crippen molar-refractivity contribution in [1.29, 1.82) is 0 Å². The first-order valence-corrected chi connectivity index (χ1v) is 11.9. The van der Waals surface area contributed by atoms with Crippen molar-refractivity contribution in [2.45, 2.75) is 31.2 Å². The number of amides is 1. The molecule has 0 N–H and O–H groups in total. The minimum Gasteiger partial charge on any atom is -0.342 e. The summed E-state index contributed by atoms with van der Waals surface area (Å²) in [7, 11) is 0. The second-order valence-corrected chi connectivity index (χ2v) is 8.66. The molecule has 2 aromatic heterocycles. The first-order valence-electron chi connectivity index (χ1n) is 11.1. The second kappa shape index (κ2) is 10.4. The van der Waals surface area contributed by atoms with Gasteiger partial charge in [-0.05, 0) is 50.1 Å². The Kier molecular flexibility index (Phi) is 7.19. The minimum absolute atomic E-state index is 0.0680. The Morgan fingerprint density at radius 1 is 0.970 bits per heavy atom. The quantitative estimate of drug-likeness (QED) is 0.334. The fraction of sp³-hybridized carbons (Fsp3) is 0.231. The van der Waals surface area contributed by atoms with Crippen molar-refractivity contribution < 1.29 is 4.79 Å². The molecule has 0 aliphatic heterocycles. The normalized spacial score (nSPS) is 11.8. The van der Waals surface area contributed by atoms with E-state index in [9.17, 15) is 4.79 Å². The van der Waals surface area contributed by atoms with Gasteiger partial charge in [0.25, 0.3) is 0 Å². The van der Waals surface area contributed by atoms with Gasteiger partial charge in [-0.25, -0.2) is 0 Å². The van der Waals surface area contributed by atoms with Gasteiger partial charge in [0.2, 0.25) is 5.91 Å². The lowest BCUT2D eigenvalue weighted by molar-refractivity contribution is -0.130. The lowest BCUT2D eigenvalue weighted by atomic mass is 10.1. The lowest BCUT2D eigenvalue weighted by Crippen LogP contribution is -2.34. The number of para-hydroxylation sites is 1. The highest BCUT2D eigenvalue weighted by atomic mass is 32.2.